The molecule has 2 aromatic carbocycles. The van der Waals surface area contributed by atoms with Crippen LogP contribution in [0.3, 0.4) is 0 Å². The molecular weight excluding hydrogens is 422 g/mol. The third-order valence-corrected chi connectivity index (χ3v) is 6.08. The largest absolute Gasteiger partial charge is 0.497 e. The van der Waals surface area contributed by atoms with E-state index in [1.54, 1.807) is 23.9 Å². The van der Waals surface area contributed by atoms with Gasteiger partial charge in [-0.2, -0.15) is 4.98 Å². The second kappa shape index (κ2) is 7.54. The lowest BCUT2D eigenvalue weighted by molar-refractivity contribution is -0.384. The van der Waals surface area contributed by atoms with Gasteiger partial charge in [-0.3, -0.25) is 14.9 Å². The number of nitrogens with one attached hydrogen (secondary N) is 1. The molecule has 168 valence electrons. The lowest BCUT2D eigenvalue weighted by Crippen LogP contribution is -2.36. The van der Waals surface area contributed by atoms with E-state index in [4.69, 9.17) is 14.8 Å². The molecule has 0 amide bonds. The van der Waals surface area contributed by atoms with Crippen LogP contribution in [0.1, 0.15) is 38.3 Å². The van der Waals surface area contributed by atoms with Crippen LogP contribution in [0.4, 0.5) is 11.6 Å². The van der Waals surface area contributed by atoms with Crippen molar-refractivity contribution in [2.75, 3.05) is 12.4 Å². The molecule has 0 radical (unpaired) electrons. The average molecular weight is 445 g/mol. The highest BCUT2D eigenvalue weighted by Gasteiger charge is 2.42. The van der Waals surface area contributed by atoms with Crippen molar-refractivity contribution in [3.05, 3.63) is 75.5 Å². The lowest BCUT2D eigenvalue weighted by Gasteiger charge is -2.38. The molecule has 0 fully saturated rings. The zero-order valence-electron chi connectivity index (χ0n) is 18.5. The van der Waals surface area contributed by atoms with Crippen molar-refractivity contribution in [3.63, 3.8) is 0 Å². The van der Waals surface area contributed by atoms with Gasteiger partial charge in [0.1, 0.15) is 11.8 Å². The number of allylic oxidation sites excluding steroid dienone is 2. The highest BCUT2D eigenvalue weighted by Crippen LogP contribution is 2.46. The smallest absolute Gasteiger partial charge is 0.269 e. The van der Waals surface area contributed by atoms with Crippen molar-refractivity contribution in [1.82, 2.24) is 14.8 Å². The van der Waals surface area contributed by atoms with Crippen molar-refractivity contribution in [2.45, 2.75) is 32.7 Å². The van der Waals surface area contributed by atoms with Crippen LogP contribution >= 0.6 is 0 Å². The molecule has 9 nitrogen and oxygen atoms in total. The third kappa shape index (κ3) is 3.65. The molecular formula is C24H23N5O4. The van der Waals surface area contributed by atoms with Crippen LogP contribution in [0.2, 0.25) is 0 Å². The number of hydrogen-bond donors (Lipinski definition) is 1. The first-order valence-corrected chi connectivity index (χ1v) is 10.6. The van der Waals surface area contributed by atoms with E-state index in [1.807, 2.05) is 24.3 Å². The Morgan fingerprint density at radius 1 is 1.18 bits per heavy atom. The molecule has 9 heteroatoms. The second-order valence-corrected chi connectivity index (χ2v) is 9.14. The van der Waals surface area contributed by atoms with E-state index in [-0.39, 0.29) is 16.9 Å². The number of rotatable bonds is 4. The third-order valence-electron chi connectivity index (χ3n) is 6.08. The van der Waals surface area contributed by atoms with Crippen molar-refractivity contribution >= 4 is 17.4 Å². The van der Waals surface area contributed by atoms with E-state index in [0.29, 0.717) is 35.8 Å². The predicted octanol–water partition coefficient (Wildman–Crippen LogP) is 4.52. The van der Waals surface area contributed by atoms with Crippen LogP contribution in [0.25, 0.3) is 11.4 Å². The molecule has 1 aromatic heterocycles. The van der Waals surface area contributed by atoms with Gasteiger partial charge >= 0.3 is 0 Å². The van der Waals surface area contributed by atoms with E-state index in [0.717, 1.165) is 17.0 Å². The van der Waals surface area contributed by atoms with Gasteiger partial charge < -0.3 is 10.1 Å². The maximum Gasteiger partial charge on any atom is 0.269 e. The fraction of sp³-hybridized carbons (Fsp3) is 0.292. The molecule has 3 aromatic rings. The lowest BCUT2D eigenvalue weighted by atomic mass is 9.73. The van der Waals surface area contributed by atoms with Crippen LogP contribution in [-0.4, -0.2) is 32.6 Å². The maximum absolute atomic E-state index is 13.3. The summed E-state index contributed by atoms with van der Waals surface area (Å²) in [6.45, 7) is 4.11. The van der Waals surface area contributed by atoms with E-state index in [9.17, 15) is 14.9 Å². The quantitative estimate of drug-likeness (QED) is 0.464. The van der Waals surface area contributed by atoms with Crippen molar-refractivity contribution in [2.24, 2.45) is 5.41 Å². The van der Waals surface area contributed by atoms with Gasteiger partial charge in [0.15, 0.2) is 11.6 Å². The Kier molecular flexibility index (Phi) is 4.77. The molecule has 1 unspecified atom stereocenters. The number of carbonyl (C=O) groups is 1. The zero-order valence-corrected chi connectivity index (χ0v) is 18.5. The van der Waals surface area contributed by atoms with Gasteiger partial charge in [-0.25, -0.2) is 4.68 Å². The molecule has 0 bridgehead atoms. The minimum absolute atomic E-state index is 0.0115. The van der Waals surface area contributed by atoms with Gasteiger partial charge in [0.25, 0.3) is 5.69 Å². The van der Waals surface area contributed by atoms with E-state index in [2.05, 4.69) is 19.2 Å². The summed E-state index contributed by atoms with van der Waals surface area (Å²) in [6.07, 6.45) is 1.07. The summed E-state index contributed by atoms with van der Waals surface area (Å²) in [6, 6.07) is 13.2. The average Bonchev–Trinajstić information content (AvgIpc) is 3.20. The number of ether oxygens (including phenoxy) is 1. The number of benzene rings is 2. The van der Waals surface area contributed by atoms with Gasteiger partial charge in [0.2, 0.25) is 5.95 Å². The summed E-state index contributed by atoms with van der Waals surface area (Å²) >= 11 is 0. The van der Waals surface area contributed by atoms with Crippen molar-refractivity contribution in [3.8, 4) is 17.1 Å². The highest BCUT2D eigenvalue weighted by atomic mass is 16.6. The normalized spacial score (nSPS) is 18.9. The molecule has 1 N–H and O–H groups in total. The van der Waals surface area contributed by atoms with Gasteiger partial charge in [-0.1, -0.05) is 26.0 Å². The number of carbonyl (C=O) groups excluding carboxylic acids is 1. The number of nitrogens with zero attached hydrogens (tertiary/aromatic N) is 4. The summed E-state index contributed by atoms with van der Waals surface area (Å²) in [5.74, 6) is 1.72. The Bertz CT molecular complexity index is 1310. The zero-order chi connectivity index (χ0) is 23.3. The number of anilines is 1. The number of methoxy groups -OCH3 is 1. The number of hydrogen-bond acceptors (Lipinski definition) is 7. The molecule has 2 heterocycles. The summed E-state index contributed by atoms with van der Waals surface area (Å²) in [7, 11) is 1.60. The van der Waals surface area contributed by atoms with Gasteiger partial charge in [0.05, 0.1) is 12.0 Å². The standard InChI is InChI=1S/C24H23N5O4/c1-24(2)12-18-20(19(30)13-24)21(15-5-4-6-16(11-15)29(31)32)28-23(25-18)26-22(27-28)14-7-9-17(33-3)10-8-14/h4-11,21H,12-13H2,1-3H3,(H,25,26,27). The van der Waals surface area contributed by atoms with Crippen LogP contribution < -0.4 is 10.1 Å². The summed E-state index contributed by atoms with van der Waals surface area (Å²) < 4.78 is 6.89. The van der Waals surface area contributed by atoms with Crippen molar-refractivity contribution < 1.29 is 14.5 Å². The highest BCUT2D eigenvalue weighted by molar-refractivity contribution is 6.00. The number of ketones is 1. The molecule has 5 rings (SSSR count). The molecule has 33 heavy (non-hydrogen) atoms. The Balaban J connectivity index is 1.67. The molecule has 0 spiro atoms. The topological polar surface area (TPSA) is 112 Å². The van der Waals surface area contributed by atoms with Gasteiger partial charge in [-0.15, -0.1) is 5.10 Å². The molecule has 0 saturated carbocycles. The molecule has 1 aliphatic heterocycles. The number of aromatic nitrogens is 3. The molecule has 0 saturated heterocycles. The first kappa shape index (κ1) is 20.9. The van der Waals surface area contributed by atoms with E-state index in [1.165, 1.54) is 12.1 Å². The van der Waals surface area contributed by atoms with Gasteiger partial charge in [-0.05, 0) is 41.7 Å². The van der Waals surface area contributed by atoms with E-state index >= 15 is 0 Å². The number of fused-ring (bicyclic) bond motifs is 1. The fourth-order valence-electron chi connectivity index (χ4n) is 4.59. The van der Waals surface area contributed by atoms with Gasteiger partial charge in [0, 0.05) is 35.4 Å². The number of nitro benzene ring substituents is 1. The SMILES string of the molecule is COc1ccc(-c2nc3n(n2)C(c2cccc([N+](=O)[O-])c2)C2=C(CC(C)(C)CC2=O)N3)cc1. The molecule has 1 atom stereocenters. The van der Waals surface area contributed by atoms with Crippen LogP contribution in [0, 0.1) is 15.5 Å². The Hall–Kier alpha value is -4.01. The Morgan fingerprint density at radius 3 is 2.64 bits per heavy atom. The van der Waals surface area contributed by atoms with Crippen molar-refractivity contribution in [1.29, 1.82) is 0 Å². The van der Waals surface area contributed by atoms with Crippen LogP contribution in [-0.2, 0) is 4.79 Å². The summed E-state index contributed by atoms with van der Waals surface area (Å²) in [5, 5.41) is 19.5. The Morgan fingerprint density at radius 2 is 1.94 bits per heavy atom. The first-order chi connectivity index (χ1) is 15.8. The van der Waals surface area contributed by atoms with E-state index < -0.39 is 11.0 Å². The fourth-order valence-corrected chi connectivity index (χ4v) is 4.59. The summed E-state index contributed by atoms with van der Waals surface area (Å²) in [5.41, 5.74) is 2.58. The number of non-ortho nitro benzene ring substituents is 1. The maximum atomic E-state index is 13.3. The predicted molar refractivity (Wildman–Crippen MR) is 122 cm³/mol. The first-order valence-electron chi connectivity index (χ1n) is 10.6. The van der Waals surface area contributed by atoms with Crippen LogP contribution in [0.15, 0.2) is 59.8 Å². The molecule has 2 aliphatic rings. The molecule has 1 aliphatic carbocycles. The Labute approximate surface area is 190 Å². The number of Topliss-reactive ketones (excluding diaryl/α,β-unsaturated/α-hetero) is 1. The monoisotopic (exact) mass is 445 g/mol. The summed E-state index contributed by atoms with van der Waals surface area (Å²) in [4.78, 5) is 29.0. The minimum Gasteiger partial charge on any atom is -0.497 e. The number of nitro groups is 1. The van der Waals surface area contributed by atoms with Crippen LogP contribution in [0.5, 0.6) is 5.75 Å². The second-order valence-electron chi connectivity index (χ2n) is 9.14. The minimum atomic E-state index is -0.598.